The van der Waals surface area contributed by atoms with Crippen LogP contribution in [0.1, 0.15) is 5.56 Å². The van der Waals surface area contributed by atoms with Gasteiger partial charge in [0.2, 0.25) is 0 Å². The monoisotopic (exact) mass is 269 g/mol. The molecule has 1 aromatic carbocycles. The van der Waals surface area contributed by atoms with Gasteiger partial charge in [0.1, 0.15) is 11.3 Å². The molecule has 0 unspecified atom stereocenters. The van der Waals surface area contributed by atoms with E-state index in [1.54, 1.807) is 6.07 Å². The summed E-state index contributed by atoms with van der Waals surface area (Å²) in [6, 6.07) is 5.46. The van der Waals surface area contributed by atoms with Crippen molar-refractivity contribution in [2.75, 3.05) is 13.6 Å². The predicted molar refractivity (Wildman–Crippen MR) is 63.2 cm³/mol. The van der Waals surface area contributed by atoms with Gasteiger partial charge in [-0.3, -0.25) is 0 Å². The minimum Gasteiger partial charge on any atom is -0.508 e. The zero-order valence-electron chi connectivity index (χ0n) is 8.38. The summed E-state index contributed by atoms with van der Waals surface area (Å²) in [5, 5.41) is 13.7. The lowest BCUT2D eigenvalue weighted by Gasteiger charge is -2.03. The second-order valence-corrected chi connectivity index (χ2v) is 4.20. The van der Waals surface area contributed by atoms with E-state index in [9.17, 15) is 5.11 Å². The van der Waals surface area contributed by atoms with E-state index in [0.29, 0.717) is 10.4 Å². The highest BCUT2D eigenvalue weighted by Crippen LogP contribution is 2.29. The van der Waals surface area contributed by atoms with Crippen molar-refractivity contribution < 1.29 is 9.52 Å². The maximum absolute atomic E-state index is 9.76. The fourth-order valence-electron chi connectivity index (χ4n) is 1.54. The van der Waals surface area contributed by atoms with Crippen LogP contribution in [0.25, 0.3) is 11.0 Å². The van der Waals surface area contributed by atoms with Crippen LogP contribution in [0.3, 0.4) is 0 Å². The lowest BCUT2D eigenvalue weighted by atomic mass is 10.1. The van der Waals surface area contributed by atoms with Gasteiger partial charge in [-0.05, 0) is 59.7 Å². The Morgan fingerprint density at radius 2 is 2.20 bits per heavy atom. The van der Waals surface area contributed by atoms with Gasteiger partial charge in [0, 0.05) is 5.39 Å². The van der Waals surface area contributed by atoms with E-state index in [1.165, 1.54) is 0 Å². The molecule has 0 fully saturated rings. The van der Waals surface area contributed by atoms with E-state index < -0.39 is 0 Å². The molecule has 2 aromatic rings. The average molecular weight is 270 g/mol. The molecule has 0 aliphatic rings. The molecule has 0 saturated heterocycles. The Kier molecular flexibility index (Phi) is 2.98. The molecule has 2 rings (SSSR count). The lowest BCUT2D eigenvalue weighted by molar-refractivity contribution is 0.468. The quantitative estimate of drug-likeness (QED) is 0.901. The van der Waals surface area contributed by atoms with Crippen LogP contribution in [0.4, 0.5) is 0 Å². The second kappa shape index (κ2) is 4.24. The Bertz CT molecular complexity index is 479. The standard InChI is InChI=1S/C11H12BrNO2/c1-13-3-2-7-5-10-8(4-9(7)14)6-11(12)15-10/h4-6,13-14H,2-3H2,1H3. The van der Waals surface area contributed by atoms with E-state index >= 15 is 0 Å². The molecule has 0 aliphatic heterocycles. The first-order valence-corrected chi connectivity index (χ1v) is 5.55. The molecule has 0 spiro atoms. The molecule has 1 heterocycles. The van der Waals surface area contributed by atoms with Gasteiger partial charge < -0.3 is 14.8 Å². The molecule has 0 bridgehead atoms. The Labute approximate surface area is 96.2 Å². The van der Waals surface area contributed by atoms with Crippen molar-refractivity contribution in [3.05, 3.63) is 28.4 Å². The molecule has 4 heteroatoms. The summed E-state index contributed by atoms with van der Waals surface area (Å²) in [4.78, 5) is 0. The van der Waals surface area contributed by atoms with Crippen molar-refractivity contribution >= 4 is 26.9 Å². The molecule has 0 aliphatic carbocycles. The molecule has 0 amide bonds. The minimum atomic E-state index is 0.325. The average Bonchev–Trinajstić information content (AvgIpc) is 2.53. The Hall–Kier alpha value is -1.00. The van der Waals surface area contributed by atoms with Crippen molar-refractivity contribution in [1.82, 2.24) is 5.32 Å². The van der Waals surface area contributed by atoms with E-state index in [2.05, 4.69) is 21.2 Å². The fraction of sp³-hybridized carbons (Fsp3) is 0.273. The number of hydrogen-bond donors (Lipinski definition) is 2. The number of furan rings is 1. The van der Waals surface area contributed by atoms with Crippen LogP contribution in [0.5, 0.6) is 5.75 Å². The number of benzene rings is 1. The van der Waals surface area contributed by atoms with E-state index in [1.807, 2.05) is 19.2 Å². The molecule has 0 atom stereocenters. The molecule has 0 radical (unpaired) electrons. The number of hydrogen-bond acceptors (Lipinski definition) is 3. The molecular formula is C11H12BrNO2. The highest BCUT2D eigenvalue weighted by atomic mass is 79.9. The fourth-order valence-corrected chi connectivity index (χ4v) is 1.97. The lowest BCUT2D eigenvalue weighted by Crippen LogP contribution is -2.10. The molecular weight excluding hydrogens is 258 g/mol. The summed E-state index contributed by atoms with van der Waals surface area (Å²) in [5.41, 5.74) is 1.70. The topological polar surface area (TPSA) is 45.4 Å². The maximum Gasteiger partial charge on any atom is 0.170 e. The third kappa shape index (κ3) is 2.16. The first-order chi connectivity index (χ1) is 7.20. The van der Waals surface area contributed by atoms with Crippen LogP contribution >= 0.6 is 15.9 Å². The van der Waals surface area contributed by atoms with Crippen molar-refractivity contribution in [1.29, 1.82) is 0 Å². The predicted octanol–water partition coefficient (Wildman–Crippen LogP) is 2.66. The van der Waals surface area contributed by atoms with Gasteiger partial charge in [0.15, 0.2) is 4.67 Å². The van der Waals surface area contributed by atoms with Crippen LogP contribution in [0.15, 0.2) is 27.3 Å². The third-order valence-corrected chi connectivity index (χ3v) is 2.72. The molecule has 15 heavy (non-hydrogen) atoms. The van der Waals surface area contributed by atoms with Crippen molar-refractivity contribution in [2.24, 2.45) is 0 Å². The number of phenols is 1. The van der Waals surface area contributed by atoms with E-state index in [-0.39, 0.29) is 0 Å². The number of likely N-dealkylation sites (N-methyl/N-ethyl adjacent to an activating group) is 1. The van der Waals surface area contributed by atoms with Gasteiger partial charge in [0.25, 0.3) is 0 Å². The molecule has 0 saturated carbocycles. The Morgan fingerprint density at radius 3 is 2.93 bits per heavy atom. The number of rotatable bonds is 3. The summed E-state index contributed by atoms with van der Waals surface area (Å²) >= 11 is 3.27. The summed E-state index contributed by atoms with van der Waals surface area (Å²) in [6.45, 7) is 0.834. The third-order valence-electron chi connectivity index (χ3n) is 2.33. The van der Waals surface area contributed by atoms with Gasteiger partial charge in [0.05, 0.1) is 0 Å². The number of phenolic OH excluding ortho intramolecular Hbond substituents is 1. The molecule has 3 nitrogen and oxygen atoms in total. The zero-order valence-corrected chi connectivity index (χ0v) is 9.97. The van der Waals surface area contributed by atoms with Crippen LogP contribution < -0.4 is 5.32 Å². The van der Waals surface area contributed by atoms with Crippen LogP contribution in [-0.4, -0.2) is 18.7 Å². The largest absolute Gasteiger partial charge is 0.508 e. The van der Waals surface area contributed by atoms with Gasteiger partial charge in [-0.1, -0.05) is 0 Å². The number of aromatic hydroxyl groups is 1. The first-order valence-electron chi connectivity index (χ1n) is 4.76. The highest BCUT2D eigenvalue weighted by molar-refractivity contribution is 9.10. The summed E-state index contributed by atoms with van der Waals surface area (Å²) in [6.07, 6.45) is 0.788. The Balaban J connectivity index is 2.42. The molecule has 1 aromatic heterocycles. The van der Waals surface area contributed by atoms with Crippen LogP contribution in [-0.2, 0) is 6.42 Å². The number of halogens is 1. The van der Waals surface area contributed by atoms with Gasteiger partial charge in [-0.2, -0.15) is 0 Å². The number of nitrogens with one attached hydrogen (secondary N) is 1. The highest BCUT2D eigenvalue weighted by Gasteiger charge is 2.07. The normalized spacial score (nSPS) is 11.1. The first kappa shape index (κ1) is 10.5. The smallest absolute Gasteiger partial charge is 0.170 e. The van der Waals surface area contributed by atoms with Gasteiger partial charge >= 0.3 is 0 Å². The summed E-state index contributed by atoms with van der Waals surface area (Å²) < 4.78 is 6.11. The van der Waals surface area contributed by atoms with Crippen LogP contribution in [0.2, 0.25) is 0 Å². The Morgan fingerprint density at radius 1 is 1.40 bits per heavy atom. The van der Waals surface area contributed by atoms with Crippen molar-refractivity contribution in [3.63, 3.8) is 0 Å². The summed E-state index contributed by atoms with van der Waals surface area (Å²) in [5.74, 6) is 0.325. The van der Waals surface area contributed by atoms with Gasteiger partial charge in [-0.15, -0.1) is 0 Å². The van der Waals surface area contributed by atoms with Crippen molar-refractivity contribution in [3.8, 4) is 5.75 Å². The number of fused-ring (bicyclic) bond motifs is 1. The molecule has 80 valence electrons. The minimum absolute atomic E-state index is 0.325. The maximum atomic E-state index is 9.76. The van der Waals surface area contributed by atoms with Gasteiger partial charge in [-0.25, -0.2) is 0 Å². The SMILES string of the molecule is CNCCc1cc2oc(Br)cc2cc1O. The van der Waals surface area contributed by atoms with E-state index in [0.717, 1.165) is 29.5 Å². The molecule has 2 N–H and O–H groups in total. The van der Waals surface area contributed by atoms with Crippen LogP contribution in [0, 0.1) is 0 Å². The summed E-state index contributed by atoms with van der Waals surface area (Å²) in [7, 11) is 1.89. The van der Waals surface area contributed by atoms with E-state index in [4.69, 9.17) is 4.42 Å². The second-order valence-electron chi connectivity index (χ2n) is 3.42. The zero-order chi connectivity index (χ0) is 10.8. The van der Waals surface area contributed by atoms with Crippen molar-refractivity contribution in [2.45, 2.75) is 6.42 Å².